The number of nitrogens with zero attached hydrogens (tertiary/aromatic N) is 7. The molecule has 1 atom stereocenters. The van der Waals surface area contributed by atoms with Crippen molar-refractivity contribution in [1.82, 2.24) is 35.0 Å². The van der Waals surface area contributed by atoms with Crippen molar-refractivity contribution in [2.45, 2.75) is 32.1 Å². The molecule has 1 unspecified atom stereocenters. The van der Waals surface area contributed by atoms with E-state index >= 15 is 0 Å². The second-order valence-electron chi connectivity index (χ2n) is 8.47. The molecule has 3 aromatic heterocycles. The summed E-state index contributed by atoms with van der Waals surface area (Å²) in [6.07, 6.45) is 5.35. The highest BCUT2D eigenvalue weighted by Crippen LogP contribution is 2.29. The monoisotopic (exact) mass is 420 g/mol. The van der Waals surface area contributed by atoms with Crippen molar-refractivity contribution < 1.29 is 4.79 Å². The van der Waals surface area contributed by atoms with Crippen LogP contribution in [0.15, 0.2) is 30.5 Å². The molecule has 0 aromatic carbocycles. The Balaban J connectivity index is 1.27. The van der Waals surface area contributed by atoms with Gasteiger partial charge >= 0.3 is 0 Å². The Bertz CT molecular complexity index is 1060. The molecule has 162 valence electrons. The van der Waals surface area contributed by atoms with Crippen LogP contribution in [-0.4, -0.2) is 74.9 Å². The van der Waals surface area contributed by atoms with Crippen LogP contribution >= 0.6 is 0 Å². The zero-order valence-electron chi connectivity index (χ0n) is 17.9. The first-order valence-corrected chi connectivity index (χ1v) is 11.1. The fourth-order valence-electron chi connectivity index (χ4n) is 4.50. The summed E-state index contributed by atoms with van der Waals surface area (Å²) in [6.45, 7) is 7.49. The SMILES string of the molecule is Cc1ccc(N2CCC(c3nnc4ccc(C(=O)NCCN5CCCC5)cn34)C2)nn1. The predicted octanol–water partition coefficient (Wildman–Crippen LogP) is 1.65. The van der Waals surface area contributed by atoms with E-state index in [-0.39, 0.29) is 11.8 Å². The highest BCUT2D eigenvalue weighted by atomic mass is 16.1. The van der Waals surface area contributed by atoms with Crippen LogP contribution in [0.2, 0.25) is 0 Å². The van der Waals surface area contributed by atoms with Crippen LogP contribution < -0.4 is 10.2 Å². The molecule has 2 saturated heterocycles. The molecule has 5 heterocycles. The molecule has 0 bridgehead atoms. The van der Waals surface area contributed by atoms with Crippen molar-refractivity contribution in [2.24, 2.45) is 0 Å². The molecule has 1 amide bonds. The summed E-state index contributed by atoms with van der Waals surface area (Å²) in [4.78, 5) is 17.3. The Kier molecular flexibility index (Phi) is 5.50. The van der Waals surface area contributed by atoms with Gasteiger partial charge in [0.15, 0.2) is 11.5 Å². The van der Waals surface area contributed by atoms with E-state index in [2.05, 4.69) is 35.5 Å². The van der Waals surface area contributed by atoms with Crippen LogP contribution in [0.25, 0.3) is 5.65 Å². The fraction of sp³-hybridized carbons (Fsp3) is 0.500. The van der Waals surface area contributed by atoms with Crippen LogP contribution in [0.5, 0.6) is 0 Å². The summed E-state index contributed by atoms with van der Waals surface area (Å²) < 4.78 is 1.96. The summed E-state index contributed by atoms with van der Waals surface area (Å²) in [5, 5.41) is 20.3. The molecule has 0 radical (unpaired) electrons. The number of likely N-dealkylation sites (tertiary alicyclic amines) is 1. The molecule has 2 fully saturated rings. The van der Waals surface area contributed by atoms with Crippen LogP contribution in [-0.2, 0) is 0 Å². The third-order valence-electron chi connectivity index (χ3n) is 6.26. The lowest BCUT2D eigenvalue weighted by Gasteiger charge is -2.16. The summed E-state index contributed by atoms with van der Waals surface area (Å²) in [7, 11) is 0. The number of nitrogens with one attached hydrogen (secondary N) is 1. The van der Waals surface area contributed by atoms with Crippen molar-refractivity contribution in [2.75, 3.05) is 44.2 Å². The molecule has 5 rings (SSSR count). The van der Waals surface area contributed by atoms with Crippen molar-refractivity contribution in [3.63, 3.8) is 0 Å². The highest BCUT2D eigenvalue weighted by molar-refractivity contribution is 5.94. The average Bonchev–Trinajstić information content (AvgIpc) is 3.54. The lowest BCUT2D eigenvalue weighted by molar-refractivity contribution is 0.0949. The lowest BCUT2D eigenvalue weighted by Crippen LogP contribution is -2.33. The fourth-order valence-corrected chi connectivity index (χ4v) is 4.50. The number of hydrogen-bond donors (Lipinski definition) is 1. The highest BCUT2D eigenvalue weighted by Gasteiger charge is 2.29. The molecular weight excluding hydrogens is 392 g/mol. The smallest absolute Gasteiger partial charge is 0.252 e. The third-order valence-corrected chi connectivity index (χ3v) is 6.26. The van der Waals surface area contributed by atoms with Crippen molar-refractivity contribution in [1.29, 1.82) is 0 Å². The Hall–Kier alpha value is -3.07. The van der Waals surface area contributed by atoms with E-state index < -0.39 is 0 Å². The van der Waals surface area contributed by atoms with Crippen molar-refractivity contribution in [3.8, 4) is 0 Å². The summed E-state index contributed by atoms with van der Waals surface area (Å²) >= 11 is 0. The van der Waals surface area contributed by atoms with Gasteiger partial charge in [0.05, 0.1) is 11.3 Å². The molecule has 2 aliphatic heterocycles. The molecule has 9 nitrogen and oxygen atoms in total. The molecule has 0 saturated carbocycles. The molecule has 0 spiro atoms. The van der Waals surface area contributed by atoms with E-state index in [4.69, 9.17) is 0 Å². The average molecular weight is 421 g/mol. The number of carbonyl (C=O) groups excluding carboxylic acids is 1. The van der Waals surface area contributed by atoms with Crippen molar-refractivity contribution >= 4 is 17.4 Å². The zero-order valence-corrected chi connectivity index (χ0v) is 17.9. The third kappa shape index (κ3) is 4.23. The number of aromatic nitrogens is 5. The molecule has 31 heavy (non-hydrogen) atoms. The minimum absolute atomic E-state index is 0.0521. The summed E-state index contributed by atoms with van der Waals surface area (Å²) in [5.74, 6) is 1.96. The Morgan fingerprint density at radius 1 is 1.06 bits per heavy atom. The Morgan fingerprint density at radius 3 is 2.74 bits per heavy atom. The number of pyridine rings is 1. The van der Waals surface area contributed by atoms with Gasteiger partial charge in [-0.15, -0.1) is 15.3 Å². The zero-order chi connectivity index (χ0) is 21.2. The van der Waals surface area contributed by atoms with Gasteiger partial charge in [-0.1, -0.05) is 0 Å². The van der Waals surface area contributed by atoms with Gasteiger partial charge in [0.1, 0.15) is 5.82 Å². The summed E-state index contributed by atoms with van der Waals surface area (Å²) in [5.41, 5.74) is 2.31. The van der Waals surface area contributed by atoms with Gasteiger partial charge < -0.3 is 15.1 Å². The van der Waals surface area contributed by atoms with Crippen LogP contribution in [0.4, 0.5) is 5.82 Å². The first kappa shape index (κ1) is 19.9. The van der Waals surface area contributed by atoms with Gasteiger partial charge in [-0.25, -0.2) is 0 Å². The maximum atomic E-state index is 12.7. The van der Waals surface area contributed by atoms with Crippen LogP contribution in [0.3, 0.4) is 0 Å². The number of carbonyl (C=O) groups is 1. The summed E-state index contributed by atoms with van der Waals surface area (Å²) in [6, 6.07) is 7.68. The topological polar surface area (TPSA) is 91.6 Å². The first-order valence-electron chi connectivity index (χ1n) is 11.1. The largest absolute Gasteiger partial charge is 0.354 e. The lowest BCUT2D eigenvalue weighted by atomic mass is 10.1. The Morgan fingerprint density at radius 2 is 1.94 bits per heavy atom. The van der Waals surface area contributed by atoms with Crippen molar-refractivity contribution in [3.05, 3.63) is 47.5 Å². The van der Waals surface area contributed by atoms with E-state index in [1.165, 1.54) is 12.8 Å². The maximum absolute atomic E-state index is 12.7. The predicted molar refractivity (Wildman–Crippen MR) is 117 cm³/mol. The first-order chi connectivity index (χ1) is 15.2. The maximum Gasteiger partial charge on any atom is 0.252 e. The normalized spacial score (nSPS) is 19.4. The van der Waals surface area contributed by atoms with E-state index in [0.717, 1.165) is 62.1 Å². The number of amides is 1. The van der Waals surface area contributed by atoms with Gasteiger partial charge in [-0.2, -0.15) is 5.10 Å². The molecule has 1 N–H and O–H groups in total. The van der Waals surface area contributed by atoms with E-state index in [1.54, 1.807) is 0 Å². The molecule has 9 heteroatoms. The Labute approximate surface area is 181 Å². The second-order valence-corrected chi connectivity index (χ2v) is 8.47. The minimum Gasteiger partial charge on any atom is -0.354 e. The van der Waals surface area contributed by atoms with E-state index in [0.29, 0.717) is 12.1 Å². The van der Waals surface area contributed by atoms with Gasteiger partial charge in [-0.3, -0.25) is 9.20 Å². The second kappa shape index (κ2) is 8.58. The molecule has 3 aromatic rings. The van der Waals surface area contributed by atoms with E-state index in [9.17, 15) is 4.79 Å². The van der Waals surface area contributed by atoms with Crippen LogP contribution in [0.1, 0.15) is 47.1 Å². The number of fused-ring (bicyclic) bond motifs is 1. The number of hydrogen-bond acceptors (Lipinski definition) is 7. The minimum atomic E-state index is -0.0521. The van der Waals surface area contributed by atoms with Gasteiger partial charge in [0, 0.05) is 38.3 Å². The van der Waals surface area contributed by atoms with Crippen LogP contribution in [0, 0.1) is 6.92 Å². The van der Waals surface area contributed by atoms with E-state index in [1.807, 2.05) is 41.8 Å². The van der Waals surface area contributed by atoms with Gasteiger partial charge in [0.2, 0.25) is 0 Å². The standard InChI is InChI=1S/C22H28N8O/c1-16-4-6-19(25-24-16)29-12-8-17(14-29)21-27-26-20-7-5-18(15-30(20)21)22(31)23-9-13-28-10-2-3-11-28/h4-7,15,17H,2-3,8-14H2,1H3,(H,23,31). The molecule has 2 aliphatic rings. The van der Waals surface area contributed by atoms with Gasteiger partial charge in [0.25, 0.3) is 5.91 Å². The van der Waals surface area contributed by atoms with Gasteiger partial charge in [-0.05, 0) is 63.5 Å². The number of aryl methyl sites for hydroxylation is 1. The number of rotatable bonds is 6. The molecule has 0 aliphatic carbocycles. The quantitative estimate of drug-likeness (QED) is 0.648. The molecular formula is C22H28N8O. The number of anilines is 1.